The van der Waals surface area contributed by atoms with Crippen molar-refractivity contribution in [2.45, 2.75) is 46.1 Å². The molecule has 1 N–H and O–H groups in total. The van der Waals surface area contributed by atoms with Crippen LogP contribution in [0.1, 0.15) is 46.3 Å². The third kappa shape index (κ3) is 3.90. The normalized spacial score (nSPS) is 16.4. The van der Waals surface area contributed by atoms with Gasteiger partial charge in [-0.25, -0.2) is 0 Å². The molecule has 0 atom stereocenters. The average molecular weight is 275 g/mol. The zero-order valence-corrected chi connectivity index (χ0v) is 12.8. The van der Waals surface area contributed by atoms with Crippen LogP contribution in [0, 0.1) is 20.8 Å². The third-order valence-corrected chi connectivity index (χ3v) is 4.11. The number of benzene rings is 1. The molecule has 0 bridgehead atoms. The Morgan fingerprint density at radius 1 is 1.15 bits per heavy atom. The van der Waals surface area contributed by atoms with Gasteiger partial charge in [-0.15, -0.1) is 0 Å². The lowest BCUT2D eigenvalue weighted by Crippen LogP contribution is -2.32. The number of aryl methyl sites for hydroxylation is 3. The summed E-state index contributed by atoms with van der Waals surface area (Å²) in [7, 11) is 0. The van der Waals surface area contributed by atoms with Gasteiger partial charge in [0.25, 0.3) is 0 Å². The minimum Gasteiger partial charge on any atom is -0.378 e. The Balaban J connectivity index is 1.87. The van der Waals surface area contributed by atoms with Crippen LogP contribution in [0.4, 0.5) is 0 Å². The van der Waals surface area contributed by atoms with Gasteiger partial charge in [-0.2, -0.15) is 0 Å². The first-order valence-corrected chi connectivity index (χ1v) is 7.51. The molecule has 2 rings (SSSR count). The highest BCUT2D eigenvalue weighted by Gasteiger charge is 2.15. The minimum absolute atomic E-state index is 0.194. The molecule has 1 aromatic carbocycles. The largest absolute Gasteiger partial charge is 0.378 e. The number of carbonyl (C=O) groups is 1. The number of carbonyl (C=O) groups excluding carboxylic acids is 1. The zero-order valence-electron chi connectivity index (χ0n) is 12.8. The van der Waals surface area contributed by atoms with Crippen LogP contribution in [-0.4, -0.2) is 31.6 Å². The lowest BCUT2D eigenvalue weighted by molar-refractivity contribution is 0.0313. The molecule has 0 aliphatic carbocycles. The molecule has 1 aromatic rings. The summed E-state index contributed by atoms with van der Waals surface area (Å²) in [6, 6.07) is 4.10. The lowest BCUT2D eigenvalue weighted by Gasteiger charge is -2.22. The predicted molar refractivity (Wildman–Crippen MR) is 81.4 cm³/mol. The van der Waals surface area contributed by atoms with E-state index in [1.165, 1.54) is 11.1 Å². The van der Waals surface area contributed by atoms with Crippen molar-refractivity contribution in [3.63, 3.8) is 0 Å². The van der Waals surface area contributed by atoms with Crippen molar-refractivity contribution < 1.29 is 9.53 Å². The smallest absolute Gasteiger partial charge is 0.165 e. The van der Waals surface area contributed by atoms with Crippen LogP contribution < -0.4 is 5.32 Å². The number of nitrogens with one attached hydrogen (secondary N) is 1. The van der Waals surface area contributed by atoms with E-state index in [-0.39, 0.29) is 5.78 Å². The molecular formula is C17H25NO2. The second kappa shape index (κ2) is 7.00. The predicted octanol–water partition coefficient (Wildman–Crippen LogP) is 2.95. The van der Waals surface area contributed by atoms with Crippen molar-refractivity contribution in [2.24, 2.45) is 0 Å². The maximum Gasteiger partial charge on any atom is 0.165 e. The Labute approximate surface area is 121 Å². The maximum absolute atomic E-state index is 12.3. The van der Waals surface area contributed by atoms with E-state index in [0.717, 1.165) is 37.1 Å². The van der Waals surface area contributed by atoms with Crippen LogP contribution in [0.25, 0.3) is 0 Å². The van der Waals surface area contributed by atoms with E-state index in [9.17, 15) is 4.79 Å². The summed E-state index contributed by atoms with van der Waals surface area (Å²) in [6.45, 7) is 8.72. The van der Waals surface area contributed by atoms with Gasteiger partial charge >= 0.3 is 0 Å². The van der Waals surface area contributed by atoms with Crippen LogP contribution in [0.3, 0.4) is 0 Å². The monoisotopic (exact) mass is 275 g/mol. The number of hydrogen-bond donors (Lipinski definition) is 1. The number of rotatable bonds is 5. The van der Waals surface area contributed by atoms with E-state index >= 15 is 0 Å². The molecule has 3 heteroatoms. The Morgan fingerprint density at radius 3 is 2.50 bits per heavy atom. The van der Waals surface area contributed by atoms with Gasteiger partial charge in [0.2, 0.25) is 0 Å². The molecule has 1 fully saturated rings. The second-order valence-electron chi connectivity index (χ2n) is 5.74. The van der Waals surface area contributed by atoms with Crippen molar-refractivity contribution >= 4 is 5.78 Å². The Bertz CT molecular complexity index is 476. The topological polar surface area (TPSA) is 38.3 Å². The van der Waals surface area contributed by atoms with E-state index in [1.807, 2.05) is 13.0 Å². The molecule has 0 aromatic heterocycles. The molecular weight excluding hydrogens is 250 g/mol. The molecule has 0 radical (unpaired) electrons. The summed E-state index contributed by atoms with van der Waals surface area (Å²) in [5.74, 6) is 0.194. The molecule has 110 valence electrons. The first kappa shape index (κ1) is 15.2. The first-order valence-electron chi connectivity index (χ1n) is 7.51. The van der Waals surface area contributed by atoms with E-state index in [0.29, 0.717) is 19.1 Å². The lowest BCUT2D eigenvalue weighted by atomic mass is 9.97. The van der Waals surface area contributed by atoms with E-state index < -0.39 is 0 Å². The SMILES string of the molecule is Cc1cc(C)c(C(=O)CCOC2CCNCC2)cc1C. The molecule has 1 saturated heterocycles. The number of ketones is 1. The fourth-order valence-corrected chi connectivity index (χ4v) is 2.68. The van der Waals surface area contributed by atoms with E-state index in [4.69, 9.17) is 4.74 Å². The zero-order chi connectivity index (χ0) is 14.5. The molecule has 20 heavy (non-hydrogen) atoms. The quantitative estimate of drug-likeness (QED) is 0.840. The van der Waals surface area contributed by atoms with Crippen LogP contribution >= 0.6 is 0 Å². The average Bonchev–Trinajstić information content (AvgIpc) is 2.44. The molecule has 0 amide bonds. The summed E-state index contributed by atoms with van der Waals surface area (Å²) in [6.07, 6.45) is 2.91. The van der Waals surface area contributed by atoms with Crippen molar-refractivity contribution in [3.05, 3.63) is 34.4 Å². The highest BCUT2D eigenvalue weighted by Crippen LogP contribution is 2.17. The highest BCUT2D eigenvalue weighted by molar-refractivity contribution is 5.97. The third-order valence-electron chi connectivity index (χ3n) is 4.11. The number of ether oxygens (including phenoxy) is 1. The van der Waals surface area contributed by atoms with Crippen LogP contribution in [0.5, 0.6) is 0 Å². The molecule has 1 heterocycles. The van der Waals surface area contributed by atoms with Gasteiger partial charge < -0.3 is 10.1 Å². The van der Waals surface area contributed by atoms with Gasteiger partial charge in [0.05, 0.1) is 12.7 Å². The Hall–Kier alpha value is -1.19. The first-order chi connectivity index (χ1) is 9.58. The minimum atomic E-state index is 0.194. The Morgan fingerprint density at radius 2 is 1.80 bits per heavy atom. The molecule has 1 aliphatic heterocycles. The van der Waals surface area contributed by atoms with Gasteiger partial charge in [0.15, 0.2) is 5.78 Å². The summed E-state index contributed by atoms with van der Waals surface area (Å²) >= 11 is 0. The standard InChI is InChI=1S/C17H25NO2/c1-12-10-14(3)16(11-13(12)2)17(19)6-9-20-15-4-7-18-8-5-15/h10-11,15,18H,4-9H2,1-3H3. The van der Waals surface area contributed by atoms with Gasteiger partial charge in [-0.1, -0.05) is 6.07 Å². The summed E-state index contributed by atoms with van der Waals surface area (Å²) in [5.41, 5.74) is 4.34. The van der Waals surface area contributed by atoms with Crippen molar-refractivity contribution in [1.29, 1.82) is 0 Å². The molecule has 0 spiro atoms. The molecule has 3 nitrogen and oxygen atoms in total. The summed E-state index contributed by atoms with van der Waals surface area (Å²) < 4.78 is 5.81. The fraction of sp³-hybridized carbons (Fsp3) is 0.588. The van der Waals surface area contributed by atoms with Crippen molar-refractivity contribution in [1.82, 2.24) is 5.32 Å². The van der Waals surface area contributed by atoms with Gasteiger partial charge in [-0.3, -0.25) is 4.79 Å². The van der Waals surface area contributed by atoms with Gasteiger partial charge in [-0.05, 0) is 69.5 Å². The maximum atomic E-state index is 12.3. The van der Waals surface area contributed by atoms with Crippen LogP contribution in [0.2, 0.25) is 0 Å². The molecule has 0 unspecified atom stereocenters. The van der Waals surface area contributed by atoms with E-state index in [1.54, 1.807) is 0 Å². The number of hydrogen-bond acceptors (Lipinski definition) is 3. The summed E-state index contributed by atoms with van der Waals surface area (Å²) in [4.78, 5) is 12.3. The van der Waals surface area contributed by atoms with Gasteiger partial charge in [0, 0.05) is 12.0 Å². The van der Waals surface area contributed by atoms with Crippen molar-refractivity contribution in [2.75, 3.05) is 19.7 Å². The summed E-state index contributed by atoms with van der Waals surface area (Å²) in [5, 5.41) is 3.31. The van der Waals surface area contributed by atoms with Crippen LogP contribution in [0.15, 0.2) is 12.1 Å². The fourth-order valence-electron chi connectivity index (χ4n) is 2.68. The molecule has 1 aliphatic rings. The van der Waals surface area contributed by atoms with Gasteiger partial charge in [0.1, 0.15) is 0 Å². The Kier molecular flexibility index (Phi) is 5.32. The van der Waals surface area contributed by atoms with Crippen LogP contribution in [-0.2, 0) is 4.74 Å². The second-order valence-corrected chi connectivity index (χ2v) is 5.74. The molecule has 0 saturated carbocycles. The number of Topliss-reactive ketones (excluding diaryl/α,β-unsaturated/α-hetero) is 1. The van der Waals surface area contributed by atoms with Crippen molar-refractivity contribution in [3.8, 4) is 0 Å². The van der Waals surface area contributed by atoms with E-state index in [2.05, 4.69) is 25.2 Å². The highest BCUT2D eigenvalue weighted by atomic mass is 16.5. The number of piperidine rings is 1.